The molecule has 0 fully saturated rings. The monoisotopic (exact) mass is 222 g/mol. The van der Waals surface area contributed by atoms with Crippen LogP contribution >= 0.6 is 0 Å². The molecule has 2 atom stereocenters. The molecule has 15 heavy (non-hydrogen) atoms. The Balaban J connectivity index is 2.49. The van der Waals surface area contributed by atoms with Crippen LogP contribution in [0.15, 0.2) is 18.2 Å². The summed E-state index contributed by atoms with van der Waals surface area (Å²) in [6.07, 6.45) is 0.164. The lowest BCUT2D eigenvalue weighted by Gasteiger charge is -2.25. The lowest BCUT2D eigenvalue weighted by Crippen LogP contribution is -2.30. The molecule has 2 rings (SSSR count). The molecule has 0 saturated carbocycles. The zero-order valence-electron chi connectivity index (χ0n) is 9.74. The number of phenolic OH excluding ortho intramolecular Hbond substituents is 1. The van der Waals surface area contributed by atoms with Crippen molar-refractivity contribution in [3.8, 4) is 5.75 Å². The topological polar surface area (TPSA) is 29.5 Å². The van der Waals surface area contributed by atoms with Crippen LogP contribution in [0.3, 0.4) is 0 Å². The van der Waals surface area contributed by atoms with Crippen molar-refractivity contribution < 1.29 is 9.84 Å². The van der Waals surface area contributed by atoms with E-state index in [2.05, 4.69) is 26.6 Å². The van der Waals surface area contributed by atoms with E-state index in [1.54, 1.807) is 6.07 Å². The van der Waals surface area contributed by atoms with Gasteiger partial charge in [-0.1, -0.05) is 25.7 Å². The molecule has 0 spiro atoms. The second-order valence-corrected chi connectivity index (χ2v) is 10.6. The van der Waals surface area contributed by atoms with Crippen molar-refractivity contribution in [3.63, 3.8) is 0 Å². The molecule has 2 nitrogen and oxygen atoms in total. The van der Waals surface area contributed by atoms with Gasteiger partial charge < -0.3 is 9.84 Å². The Kier molecular flexibility index (Phi) is 2.39. The maximum atomic E-state index is 9.53. The molecule has 1 aromatic carbocycles. The first-order valence-electron chi connectivity index (χ1n) is 5.38. The Bertz CT molecular complexity index is 382. The first kappa shape index (κ1) is 10.7. The molecule has 1 aliphatic rings. The molecule has 1 N–H and O–H groups in total. The van der Waals surface area contributed by atoms with E-state index in [-0.39, 0.29) is 11.8 Å². The molecule has 1 heterocycles. The Labute approximate surface area is 91.9 Å². The summed E-state index contributed by atoms with van der Waals surface area (Å²) in [7, 11) is -1.37. The van der Waals surface area contributed by atoms with Crippen molar-refractivity contribution >= 4 is 8.07 Å². The molecule has 0 radical (unpaired) electrons. The van der Waals surface area contributed by atoms with Gasteiger partial charge in [-0.2, -0.15) is 0 Å². The van der Waals surface area contributed by atoms with Gasteiger partial charge in [-0.15, -0.1) is 0 Å². The van der Waals surface area contributed by atoms with E-state index in [1.807, 2.05) is 12.1 Å². The van der Waals surface area contributed by atoms with Crippen LogP contribution in [0.5, 0.6) is 5.75 Å². The van der Waals surface area contributed by atoms with Crippen molar-refractivity contribution in [2.45, 2.75) is 38.4 Å². The number of aromatic hydroxyl groups is 1. The van der Waals surface area contributed by atoms with Crippen LogP contribution in [0.2, 0.25) is 19.6 Å². The molecule has 0 saturated heterocycles. The zero-order valence-corrected chi connectivity index (χ0v) is 10.7. The van der Waals surface area contributed by atoms with Crippen LogP contribution in [0.25, 0.3) is 0 Å². The average molecular weight is 222 g/mol. The van der Waals surface area contributed by atoms with Crippen molar-refractivity contribution in [1.82, 2.24) is 0 Å². The lowest BCUT2D eigenvalue weighted by atomic mass is 10.1. The second-order valence-electron chi connectivity index (χ2n) is 5.34. The van der Waals surface area contributed by atoms with E-state index in [0.717, 1.165) is 0 Å². The van der Waals surface area contributed by atoms with Crippen molar-refractivity contribution in [2.75, 3.05) is 0 Å². The van der Waals surface area contributed by atoms with Crippen molar-refractivity contribution in [1.29, 1.82) is 0 Å². The molecule has 1 aliphatic heterocycles. The Hall–Kier alpha value is -0.803. The number of hydrogen-bond donors (Lipinski definition) is 1. The second kappa shape index (κ2) is 3.35. The Morgan fingerprint density at radius 3 is 2.47 bits per heavy atom. The Morgan fingerprint density at radius 1 is 1.20 bits per heavy atom. The maximum Gasteiger partial charge on any atom is 0.115 e. The summed E-state index contributed by atoms with van der Waals surface area (Å²) < 4.78 is 6.00. The normalized spacial score (nSPS) is 25.3. The van der Waals surface area contributed by atoms with Gasteiger partial charge in [-0.25, -0.2) is 0 Å². The van der Waals surface area contributed by atoms with Gasteiger partial charge in [0.2, 0.25) is 0 Å². The van der Waals surface area contributed by atoms with E-state index < -0.39 is 8.07 Å². The summed E-state index contributed by atoms with van der Waals surface area (Å²) in [4.78, 5) is 0. The van der Waals surface area contributed by atoms with Crippen LogP contribution in [-0.2, 0) is 4.74 Å². The number of phenols is 1. The maximum absolute atomic E-state index is 9.53. The fourth-order valence-electron chi connectivity index (χ4n) is 2.18. The predicted octanol–water partition coefficient (Wildman–Crippen LogP) is 3.40. The number of rotatable bonds is 1. The Morgan fingerprint density at radius 2 is 1.87 bits per heavy atom. The van der Waals surface area contributed by atoms with Gasteiger partial charge in [0.25, 0.3) is 0 Å². The summed E-state index contributed by atoms with van der Waals surface area (Å²) in [6, 6.07) is 5.59. The van der Waals surface area contributed by atoms with E-state index in [9.17, 15) is 5.11 Å². The van der Waals surface area contributed by atoms with Gasteiger partial charge in [0.05, 0.1) is 19.9 Å². The fraction of sp³-hybridized carbons (Fsp3) is 0.500. The SMILES string of the molecule is CC1OC([Si](C)(C)C)c2cc(O)ccc21. The standard InChI is InChI=1S/C12H18O2Si/c1-8-10-6-5-9(13)7-11(10)12(14-8)15(2,3)4/h5-8,12-13H,1-4H3. The van der Waals surface area contributed by atoms with Crippen molar-refractivity contribution in [3.05, 3.63) is 29.3 Å². The van der Waals surface area contributed by atoms with Gasteiger partial charge in [-0.3, -0.25) is 0 Å². The molecule has 0 amide bonds. The van der Waals surface area contributed by atoms with Gasteiger partial charge in [0.15, 0.2) is 0 Å². The summed E-state index contributed by atoms with van der Waals surface area (Å²) in [5.74, 6) is 0.342. The number of hydrogen-bond acceptors (Lipinski definition) is 2. The third kappa shape index (κ3) is 1.81. The number of benzene rings is 1. The highest BCUT2D eigenvalue weighted by Gasteiger charge is 2.38. The quantitative estimate of drug-likeness (QED) is 0.738. The van der Waals surface area contributed by atoms with Crippen molar-refractivity contribution in [2.24, 2.45) is 0 Å². The van der Waals surface area contributed by atoms with E-state index in [4.69, 9.17) is 4.74 Å². The molecular weight excluding hydrogens is 204 g/mol. The molecule has 0 aromatic heterocycles. The molecular formula is C12H18O2Si. The van der Waals surface area contributed by atoms with Gasteiger partial charge in [-0.05, 0) is 30.2 Å². The highest BCUT2D eigenvalue weighted by atomic mass is 28.3. The number of fused-ring (bicyclic) bond motifs is 1. The minimum atomic E-state index is -1.37. The fourth-order valence-corrected chi connectivity index (χ4v) is 3.98. The van der Waals surface area contributed by atoms with Gasteiger partial charge >= 0.3 is 0 Å². The highest BCUT2D eigenvalue weighted by Crippen LogP contribution is 2.44. The summed E-state index contributed by atoms with van der Waals surface area (Å²) >= 11 is 0. The van der Waals surface area contributed by atoms with E-state index >= 15 is 0 Å². The molecule has 0 bridgehead atoms. The van der Waals surface area contributed by atoms with Crippen LogP contribution in [-0.4, -0.2) is 13.2 Å². The minimum absolute atomic E-state index is 0.164. The minimum Gasteiger partial charge on any atom is -0.508 e. The summed E-state index contributed by atoms with van der Waals surface area (Å²) in [6.45, 7) is 8.96. The van der Waals surface area contributed by atoms with Gasteiger partial charge in [0, 0.05) is 0 Å². The van der Waals surface area contributed by atoms with Crippen LogP contribution in [0.1, 0.15) is 29.9 Å². The van der Waals surface area contributed by atoms with Crippen LogP contribution in [0, 0.1) is 0 Å². The molecule has 0 aliphatic carbocycles. The van der Waals surface area contributed by atoms with Crippen LogP contribution in [0.4, 0.5) is 0 Å². The first-order chi connectivity index (χ1) is 6.89. The number of ether oxygens (including phenoxy) is 1. The average Bonchev–Trinajstić information content (AvgIpc) is 2.42. The highest BCUT2D eigenvalue weighted by molar-refractivity contribution is 6.77. The van der Waals surface area contributed by atoms with E-state index in [0.29, 0.717) is 5.75 Å². The first-order valence-corrected chi connectivity index (χ1v) is 8.95. The van der Waals surface area contributed by atoms with E-state index in [1.165, 1.54) is 11.1 Å². The third-order valence-electron chi connectivity index (χ3n) is 2.92. The zero-order chi connectivity index (χ0) is 11.2. The molecule has 1 aromatic rings. The molecule has 2 unspecified atom stereocenters. The molecule has 82 valence electrons. The predicted molar refractivity (Wildman–Crippen MR) is 63.7 cm³/mol. The third-order valence-corrected chi connectivity index (χ3v) is 4.94. The molecule has 3 heteroatoms. The summed E-state index contributed by atoms with van der Waals surface area (Å²) in [5.41, 5.74) is 2.65. The van der Waals surface area contributed by atoms with Crippen LogP contribution < -0.4 is 0 Å². The summed E-state index contributed by atoms with van der Waals surface area (Å²) in [5, 5.41) is 9.53. The smallest absolute Gasteiger partial charge is 0.115 e. The lowest BCUT2D eigenvalue weighted by molar-refractivity contribution is 0.0622. The largest absolute Gasteiger partial charge is 0.508 e. The van der Waals surface area contributed by atoms with Gasteiger partial charge in [0.1, 0.15) is 5.75 Å².